The Labute approximate surface area is 295 Å². The first kappa shape index (κ1) is 39.0. The van der Waals surface area contributed by atoms with E-state index in [0.29, 0.717) is 66.8 Å². The zero-order chi connectivity index (χ0) is 35.9. The van der Waals surface area contributed by atoms with Gasteiger partial charge in [-0.05, 0) is 98.6 Å². The largest absolute Gasteiger partial charge is 0.489 e. The fraction of sp³-hybridized carbons (Fsp3) is 0.575. The first-order chi connectivity index (χ1) is 23.2. The van der Waals surface area contributed by atoms with Crippen molar-refractivity contribution in [3.05, 3.63) is 76.7 Å². The van der Waals surface area contributed by atoms with E-state index in [0.717, 1.165) is 34.4 Å². The molecule has 2 aromatic carbocycles. The van der Waals surface area contributed by atoms with E-state index in [9.17, 15) is 0 Å². The van der Waals surface area contributed by atoms with Gasteiger partial charge in [-0.1, -0.05) is 59.7 Å². The van der Waals surface area contributed by atoms with Crippen LogP contribution in [0.5, 0.6) is 11.6 Å². The molecule has 3 aromatic rings. The van der Waals surface area contributed by atoms with Crippen molar-refractivity contribution in [1.82, 2.24) is 4.98 Å². The smallest absolute Gasteiger partial charge is 0.213 e. The van der Waals surface area contributed by atoms with Gasteiger partial charge in [-0.2, -0.15) is 0 Å². The number of aryl methyl sites for hydroxylation is 2. The number of hydrogen-bond acceptors (Lipinski definition) is 7. The van der Waals surface area contributed by atoms with Crippen molar-refractivity contribution in [2.24, 2.45) is 0 Å². The molecule has 270 valence electrons. The highest BCUT2D eigenvalue weighted by atomic mass is 28.4. The van der Waals surface area contributed by atoms with Crippen LogP contribution in [0.2, 0.25) is 16.6 Å². The molecule has 49 heavy (non-hydrogen) atoms. The van der Waals surface area contributed by atoms with Gasteiger partial charge in [0.2, 0.25) is 5.88 Å². The quantitative estimate of drug-likeness (QED) is 0.130. The highest BCUT2D eigenvalue weighted by Gasteiger charge is 2.45. The molecule has 1 aromatic heterocycles. The van der Waals surface area contributed by atoms with E-state index in [4.69, 9.17) is 28.1 Å². The molecule has 1 aliphatic heterocycles. The second-order valence-electron chi connectivity index (χ2n) is 14.6. The molecule has 2 atom stereocenters. The second-order valence-corrected chi connectivity index (χ2v) is 20.0. The third-order valence-corrected chi connectivity index (χ3v) is 15.7. The van der Waals surface area contributed by atoms with Crippen LogP contribution in [0.4, 0.5) is 4.39 Å². The predicted molar refractivity (Wildman–Crippen MR) is 196 cm³/mol. The summed E-state index contributed by atoms with van der Waals surface area (Å²) in [4.78, 5) is 4.63. The van der Waals surface area contributed by atoms with Crippen molar-refractivity contribution in [3.8, 4) is 22.8 Å². The van der Waals surface area contributed by atoms with Gasteiger partial charge in [-0.3, -0.25) is 0 Å². The number of pyridine rings is 1. The van der Waals surface area contributed by atoms with E-state index >= 15 is 4.39 Å². The second kappa shape index (κ2) is 16.9. The number of ether oxygens (including phenoxy) is 5. The molecule has 0 unspecified atom stereocenters. The van der Waals surface area contributed by atoms with Gasteiger partial charge in [0.25, 0.3) is 0 Å². The standard InChI is InChI=1S/C40H58FNO6Si/c1-12-43-37(19-20-47-49(26(2)3,27(4)5)28(6)7)32-14-16-33(17-15-32)44-23-31-13-18-36(41)35(22-31)39-29(8)21-38(42-30(39)9)45-24-34-25-46-40(10,11)48-34/h13-18,21-22,26-28,34,37H,12,19-20,23-25H2,1-11H3/t34-,37-/m0/s1. The third-order valence-electron chi connectivity index (χ3n) is 9.62. The summed E-state index contributed by atoms with van der Waals surface area (Å²) in [5.41, 5.74) is 6.39. The number of aromatic nitrogens is 1. The van der Waals surface area contributed by atoms with Crippen molar-refractivity contribution in [2.75, 3.05) is 26.4 Å². The lowest BCUT2D eigenvalue weighted by atomic mass is 9.97. The van der Waals surface area contributed by atoms with Crippen LogP contribution in [0.15, 0.2) is 48.5 Å². The Morgan fingerprint density at radius 1 is 0.939 bits per heavy atom. The summed E-state index contributed by atoms with van der Waals surface area (Å²) in [6, 6.07) is 15.0. The molecule has 1 fully saturated rings. The van der Waals surface area contributed by atoms with E-state index in [1.807, 2.05) is 58.9 Å². The molecule has 2 heterocycles. The Bertz CT molecular complexity index is 1460. The molecule has 0 aliphatic carbocycles. The van der Waals surface area contributed by atoms with Crippen LogP contribution in [0.25, 0.3) is 11.1 Å². The number of benzene rings is 2. The van der Waals surface area contributed by atoms with Gasteiger partial charge in [0.1, 0.15) is 30.9 Å². The number of nitrogens with zero attached hydrogens (tertiary/aromatic N) is 1. The third kappa shape index (κ3) is 9.70. The average Bonchev–Trinajstić information content (AvgIpc) is 3.39. The minimum Gasteiger partial charge on any atom is -0.489 e. The molecule has 4 rings (SSSR count). The van der Waals surface area contributed by atoms with Gasteiger partial charge in [-0.15, -0.1) is 0 Å². The van der Waals surface area contributed by atoms with Crippen LogP contribution in [0.1, 0.15) is 97.2 Å². The Balaban J connectivity index is 1.39. The van der Waals surface area contributed by atoms with Crippen LogP contribution >= 0.6 is 0 Å². The molecule has 0 spiro atoms. The summed E-state index contributed by atoms with van der Waals surface area (Å²) >= 11 is 0. The molecule has 7 nitrogen and oxygen atoms in total. The minimum absolute atomic E-state index is 0.0500. The fourth-order valence-corrected chi connectivity index (χ4v) is 13.0. The molecule has 1 aliphatic rings. The lowest BCUT2D eigenvalue weighted by Crippen LogP contribution is -2.48. The fourth-order valence-electron chi connectivity index (χ4n) is 7.49. The maximum atomic E-state index is 15.2. The van der Waals surface area contributed by atoms with Crippen molar-refractivity contribution in [3.63, 3.8) is 0 Å². The van der Waals surface area contributed by atoms with E-state index in [2.05, 4.69) is 58.7 Å². The highest BCUT2D eigenvalue weighted by molar-refractivity contribution is 6.77. The molecule has 0 bridgehead atoms. The normalized spacial score (nSPS) is 16.9. The average molecular weight is 696 g/mol. The Morgan fingerprint density at radius 3 is 2.18 bits per heavy atom. The van der Waals surface area contributed by atoms with Crippen LogP contribution < -0.4 is 9.47 Å². The maximum absolute atomic E-state index is 15.2. The molecule has 9 heteroatoms. The summed E-state index contributed by atoms with van der Waals surface area (Å²) in [6.07, 6.45) is 0.585. The molecule has 0 saturated carbocycles. The lowest BCUT2D eigenvalue weighted by molar-refractivity contribution is -0.141. The molecule has 1 saturated heterocycles. The number of hydrogen-bond donors (Lipinski definition) is 0. The maximum Gasteiger partial charge on any atom is 0.213 e. The molecule has 0 N–H and O–H groups in total. The van der Waals surface area contributed by atoms with E-state index < -0.39 is 14.1 Å². The zero-order valence-electron chi connectivity index (χ0n) is 31.5. The molecular weight excluding hydrogens is 638 g/mol. The van der Waals surface area contributed by atoms with Gasteiger partial charge >= 0.3 is 0 Å². The van der Waals surface area contributed by atoms with Crippen LogP contribution in [0.3, 0.4) is 0 Å². The number of rotatable bonds is 17. The topological polar surface area (TPSA) is 68.3 Å². The summed E-state index contributed by atoms with van der Waals surface area (Å²) < 4.78 is 51.7. The molecular formula is C40H58FNO6Si. The Kier molecular flexibility index (Phi) is 13.5. The Morgan fingerprint density at radius 2 is 1.61 bits per heavy atom. The SMILES string of the molecule is CCO[C@@H](CCO[Si](C(C)C)(C(C)C)C(C)C)c1ccc(OCc2ccc(F)c(-c3c(C)cc(OC[C@H]4COC(C)(C)O4)nc3C)c2)cc1. The summed E-state index contributed by atoms with van der Waals surface area (Å²) in [5.74, 6) is 0.293. The van der Waals surface area contributed by atoms with Crippen LogP contribution in [-0.2, 0) is 25.2 Å². The Hall–Kier alpha value is -2.82. The first-order valence-corrected chi connectivity index (χ1v) is 20.0. The van der Waals surface area contributed by atoms with Crippen LogP contribution in [-0.4, -0.2) is 51.6 Å². The van der Waals surface area contributed by atoms with Crippen LogP contribution in [0, 0.1) is 19.7 Å². The number of halogens is 1. The lowest BCUT2D eigenvalue weighted by Gasteiger charge is -2.42. The summed E-state index contributed by atoms with van der Waals surface area (Å²) in [6.45, 7) is 25.9. The van der Waals surface area contributed by atoms with Crippen molar-refractivity contribution in [2.45, 2.75) is 124 Å². The monoisotopic (exact) mass is 695 g/mol. The summed E-state index contributed by atoms with van der Waals surface area (Å²) in [5, 5.41) is 0. The predicted octanol–water partition coefficient (Wildman–Crippen LogP) is 10.3. The van der Waals surface area contributed by atoms with Crippen molar-refractivity contribution < 1.29 is 32.5 Å². The van der Waals surface area contributed by atoms with E-state index in [1.54, 1.807) is 6.07 Å². The highest BCUT2D eigenvalue weighted by Crippen LogP contribution is 2.42. The first-order valence-electron chi connectivity index (χ1n) is 17.9. The molecule has 0 amide bonds. The molecule has 0 radical (unpaired) electrons. The van der Waals surface area contributed by atoms with Gasteiger partial charge in [-0.25, -0.2) is 9.37 Å². The zero-order valence-corrected chi connectivity index (χ0v) is 32.5. The van der Waals surface area contributed by atoms with Crippen molar-refractivity contribution >= 4 is 8.32 Å². The van der Waals surface area contributed by atoms with Crippen molar-refractivity contribution in [1.29, 1.82) is 0 Å². The van der Waals surface area contributed by atoms with Gasteiger partial charge in [0, 0.05) is 36.1 Å². The summed E-state index contributed by atoms with van der Waals surface area (Å²) in [7, 11) is -1.94. The van der Waals surface area contributed by atoms with Gasteiger partial charge in [0.15, 0.2) is 14.1 Å². The van der Waals surface area contributed by atoms with Gasteiger partial charge in [0.05, 0.1) is 12.7 Å². The minimum atomic E-state index is -1.94. The van der Waals surface area contributed by atoms with Gasteiger partial charge < -0.3 is 28.1 Å². The van der Waals surface area contributed by atoms with E-state index in [1.165, 1.54) is 6.07 Å². The van der Waals surface area contributed by atoms with E-state index in [-0.39, 0.29) is 18.0 Å².